The first-order valence-electron chi connectivity index (χ1n) is 21.2. The van der Waals surface area contributed by atoms with Gasteiger partial charge in [-0.25, -0.2) is 9.26 Å². The number of nitrogens with one attached hydrogen (secondary N) is 1. The number of fused-ring (bicyclic) bond motifs is 4. The fourth-order valence-corrected chi connectivity index (χ4v) is 9.96. The van der Waals surface area contributed by atoms with Crippen LogP contribution in [0.25, 0.3) is 5.57 Å². The molecule has 7 heterocycles. The molecule has 0 atom stereocenters. The Hall–Kier alpha value is -6.77. The van der Waals surface area contributed by atoms with Crippen LogP contribution < -0.4 is 39.7 Å². The van der Waals surface area contributed by atoms with Gasteiger partial charge in [0.15, 0.2) is 6.61 Å². The number of amides is 1. The van der Waals surface area contributed by atoms with E-state index in [9.17, 15) is 24.6 Å². The molecule has 0 bridgehead atoms. The van der Waals surface area contributed by atoms with Gasteiger partial charge >= 0.3 is 11.9 Å². The highest BCUT2D eigenvalue weighted by Crippen LogP contribution is 2.49. The number of benzene rings is 3. The van der Waals surface area contributed by atoms with Gasteiger partial charge in [-0.2, -0.15) is 0 Å². The average molecular weight is 824 g/mol. The Morgan fingerprint density at radius 1 is 0.869 bits per heavy atom. The van der Waals surface area contributed by atoms with Crippen LogP contribution in [0.3, 0.4) is 0 Å². The summed E-state index contributed by atoms with van der Waals surface area (Å²) >= 11 is 0. The number of carbonyl (C=O) groups is 3. The van der Waals surface area contributed by atoms with Gasteiger partial charge in [-0.05, 0) is 86.1 Å². The molecule has 3 N–H and O–H groups in total. The molecule has 15 heteroatoms. The van der Waals surface area contributed by atoms with E-state index in [-0.39, 0.29) is 18.0 Å². The molecule has 0 saturated carbocycles. The van der Waals surface area contributed by atoms with Crippen LogP contribution in [-0.2, 0) is 53.2 Å². The number of nitrogens with zero attached hydrogens (tertiary/aromatic N) is 7. The Balaban J connectivity index is 1.06. The van der Waals surface area contributed by atoms with Gasteiger partial charge in [0.05, 0.1) is 36.2 Å². The number of aryl methyl sites for hydroxylation is 2. The lowest BCUT2D eigenvalue weighted by Gasteiger charge is -2.39. The number of aliphatic carboxylic acids is 2. The molecule has 15 nitrogen and oxygen atoms in total. The summed E-state index contributed by atoms with van der Waals surface area (Å²) in [5.74, 6) is -0.885. The van der Waals surface area contributed by atoms with Crippen LogP contribution in [0.15, 0.2) is 60.9 Å². The standard InChI is InChI=1S/C46H46N8O7/c55-39(48-22-32-24-54(50-49-32)23-31-9-1-2-14-47-31)27-60-38-21-28(12-13-37(38)53(25-40(56)57)26-41(58)59)42-35-19-29-7-3-15-51-17-5-10-33(43(29)51)45(35)61-46-34-11-6-18-52-16-4-8-30(44(34)52)20-36(42)46/h1-2,9,12-14,19-21,24H,3-8,10-11,15-18,22-23,25-27H2,(H2-,48,55,56,57,58,59)/p+1. The van der Waals surface area contributed by atoms with Gasteiger partial charge < -0.3 is 34.8 Å². The van der Waals surface area contributed by atoms with E-state index in [4.69, 9.17) is 9.47 Å². The lowest BCUT2D eigenvalue weighted by molar-refractivity contribution is -0.136. The van der Waals surface area contributed by atoms with Crippen molar-refractivity contribution >= 4 is 34.8 Å². The van der Waals surface area contributed by atoms with Gasteiger partial charge in [-0.1, -0.05) is 17.3 Å². The Morgan fingerprint density at radius 2 is 1.66 bits per heavy atom. The second kappa shape index (κ2) is 16.0. The second-order valence-electron chi connectivity index (χ2n) is 16.5. The Kier molecular flexibility index (Phi) is 10.1. The van der Waals surface area contributed by atoms with Crippen molar-refractivity contribution in [2.75, 3.05) is 55.7 Å². The van der Waals surface area contributed by atoms with E-state index in [0.29, 0.717) is 12.2 Å². The van der Waals surface area contributed by atoms with Crippen LogP contribution in [0.2, 0.25) is 0 Å². The van der Waals surface area contributed by atoms with Crippen molar-refractivity contribution < 1.29 is 34.1 Å². The average Bonchev–Trinajstić information content (AvgIpc) is 3.71. The predicted octanol–water partition coefficient (Wildman–Crippen LogP) is 2.83. The van der Waals surface area contributed by atoms with Crippen molar-refractivity contribution in [1.29, 1.82) is 0 Å². The molecule has 0 fully saturated rings. The Labute approximate surface area is 351 Å². The van der Waals surface area contributed by atoms with Gasteiger partial charge in [0.25, 0.3) is 5.91 Å². The van der Waals surface area contributed by atoms with E-state index in [1.165, 1.54) is 38.2 Å². The third kappa shape index (κ3) is 7.42. The van der Waals surface area contributed by atoms with Gasteiger partial charge in [0.2, 0.25) is 5.36 Å². The molecule has 61 heavy (non-hydrogen) atoms. The second-order valence-corrected chi connectivity index (χ2v) is 16.5. The molecule has 0 unspecified atom stereocenters. The molecular weight excluding hydrogens is 777 g/mol. The van der Waals surface area contributed by atoms with Crippen molar-refractivity contribution in [2.45, 2.75) is 64.5 Å². The molecule has 1 amide bonds. The largest absolute Gasteiger partial charge is 0.482 e. The number of hydrogen-bond acceptors (Lipinski definition) is 10. The van der Waals surface area contributed by atoms with E-state index in [0.717, 1.165) is 117 Å². The van der Waals surface area contributed by atoms with Crippen molar-refractivity contribution in [3.05, 3.63) is 116 Å². The number of hydrogen-bond donors (Lipinski definition) is 3. The van der Waals surface area contributed by atoms with E-state index >= 15 is 0 Å². The zero-order valence-electron chi connectivity index (χ0n) is 33.9. The molecule has 5 aliphatic rings. The number of aromatic nitrogens is 4. The summed E-state index contributed by atoms with van der Waals surface area (Å²) in [4.78, 5) is 45.6. The maximum atomic E-state index is 13.4. The molecule has 3 aromatic carbocycles. The summed E-state index contributed by atoms with van der Waals surface area (Å²) in [6.45, 7) is 3.07. The molecular formula is C46H47N8O7+. The molecule has 0 saturated heterocycles. The van der Waals surface area contributed by atoms with Crippen LogP contribution in [-0.4, -0.2) is 93.9 Å². The molecule has 0 spiro atoms. The first-order chi connectivity index (χ1) is 29.8. The topological polar surface area (TPSA) is 175 Å². The monoisotopic (exact) mass is 823 g/mol. The molecule has 0 aliphatic carbocycles. The van der Waals surface area contributed by atoms with E-state index in [1.54, 1.807) is 23.1 Å². The van der Waals surface area contributed by atoms with Gasteiger partial charge in [-0.3, -0.25) is 19.4 Å². The highest BCUT2D eigenvalue weighted by Gasteiger charge is 2.36. The third-order valence-electron chi connectivity index (χ3n) is 12.4. The van der Waals surface area contributed by atoms with E-state index in [2.05, 4.69) is 42.2 Å². The molecule has 5 aromatic rings. The van der Waals surface area contributed by atoms with Crippen molar-refractivity contribution in [1.82, 2.24) is 29.9 Å². The zero-order valence-corrected chi connectivity index (χ0v) is 33.9. The lowest BCUT2D eigenvalue weighted by Crippen LogP contribution is -2.45. The summed E-state index contributed by atoms with van der Waals surface area (Å²) in [5.41, 5.74) is 10.8. The number of ether oxygens (including phenoxy) is 2. The van der Waals surface area contributed by atoms with E-state index < -0.39 is 37.5 Å². The zero-order chi connectivity index (χ0) is 41.6. The predicted molar refractivity (Wildman–Crippen MR) is 225 cm³/mol. The first-order valence-corrected chi connectivity index (χ1v) is 21.2. The van der Waals surface area contributed by atoms with Crippen LogP contribution in [0.4, 0.5) is 11.4 Å². The van der Waals surface area contributed by atoms with Gasteiger partial charge in [0.1, 0.15) is 49.1 Å². The van der Waals surface area contributed by atoms with Crippen molar-refractivity contribution in [3.63, 3.8) is 0 Å². The summed E-state index contributed by atoms with van der Waals surface area (Å²) in [6.07, 6.45) is 11.5. The SMILES string of the molecule is O=C(O)CN(CC(=O)O)c1ccc(C2=c3cc4c5c(c3Oc3c2cc2c6c3CCCN6CCC2)CCC[N+]=5CCC4)cc1OCC(=O)NCc1cn(Cc2ccccn2)nn1. The number of carboxylic acids is 2. The van der Waals surface area contributed by atoms with Crippen molar-refractivity contribution in [2.24, 2.45) is 0 Å². The highest BCUT2D eigenvalue weighted by atomic mass is 16.5. The Bertz CT molecular complexity index is 2710. The van der Waals surface area contributed by atoms with Crippen LogP contribution in [0, 0.1) is 0 Å². The van der Waals surface area contributed by atoms with Gasteiger partial charge in [0, 0.05) is 65.3 Å². The number of anilines is 2. The minimum Gasteiger partial charge on any atom is -0.482 e. The minimum atomic E-state index is -1.20. The van der Waals surface area contributed by atoms with Crippen molar-refractivity contribution in [3.8, 4) is 17.2 Å². The number of carbonyl (C=O) groups excluding carboxylic acids is 1. The summed E-state index contributed by atoms with van der Waals surface area (Å²) in [5, 5.41) is 33.2. The molecule has 10 rings (SSSR count). The maximum absolute atomic E-state index is 13.4. The minimum absolute atomic E-state index is 0.0983. The quantitative estimate of drug-likeness (QED) is 0.146. The summed E-state index contributed by atoms with van der Waals surface area (Å²) in [6, 6.07) is 15.7. The first kappa shape index (κ1) is 38.4. The molecule has 5 aliphatic heterocycles. The fraction of sp³-hybridized carbons (Fsp3) is 0.370. The maximum Gasteiger partial charge on any atom is 0.323 e. The molecule has 0 radical (unpaired) electrons. The normalized spacial score (nSPS) is 15.8. The van der Waals surface area contributed by atoms with E-state index in [1.807, 2.05) is 30.3 Å². The number of rotatable bonds is 13. The van der Waals surface area contributed by atoms with Crippen LogP contribution in [0.1, 0.15) is 70.5 Å². The fourth-order valence-electron chi connectivity index (χ4n) is 9.96. The summed E-state index contributed by atoms with van der Waals surface area (Å²) < 4.78 is 17.7. The summed E-state index contributed by atoms with van der Waals surface area (Å²) in [7, 11) is 0. The molecule has 2 aromatic heterocycles. The third-order valence-corrected chi connectivity index (χ3v) is 12.4. The Morgan fingerprint density at radius 3 is 2.46 bits per heavy atom. The smallest absolute Gasteiger partial charge is 0.323 e. The van der Waals surface area contributed by atoms with Crippen LogP contribution >= 0.6 is 0 Å². The number of pyridine rings is 1. The lowest BCUT2D eigenvalue weighted by atomic mass is 9.82. The van der Waals surface area contributed by atoms with Gasteiger partial charge in [-0.15, -0.1) is 5.10 Å². The highest BCUT2D eigenvalue weighted by molar-refractivity contribution is 5.91. The van der Waals surface area contributed by atoms with Crippen LogP contribution in [0.5, 0.6) is 17.2 Å². The number of carboxylic acid groups (broad SMARTS) is 2. The molecule has 312 valence electrons.